The highest BCUT2D eigenvalue weighted by Gasteiger charge is 2.22. The lowest BCUT2D eigenvalue weighted by atomic mass is 9.82. The molecule has 0 amide bonds. The zero-order valence-electron chi connectivity index (χ0n) is 14.0. The molecule has 1 aromatic carbocycles. The molecule has 1 aliphatic carbocycles. The van der Waals surface area contributed by atoms with Gasteiger partial charge in [0.05, 0.1) is 0 Å². The minimum atomic E-state index is 0.559. The van der Waals surface area contributed by atoms with Crippen LogP contribution in [0.1, 0.15) is 82.4 Å². The van der Waals surface area contributed by atoms with E-state index in [0.29, 0.717) is 6.04 Å². The number of benzene rings is 1. The van der Waals surface area contributed by atoms with Crippen molar-refractivity contribution in [3.8, 4) is 0 Å². The Balaban J connectivity index is 2.08. The third-order valence-electron chi connectivity index (χ3n) is 4.92. The highest BCUT2D eigenvalue weighted by Crippen LogP contribution is 2.33. The third-order valence-corrected chi connectivity index (χ3v) is 4.92. The van der Waals surface area contributed by atoms with Gasteiger partial charge in [0.2, 0.25) is 0 Å². The summed E-state index contributed by atoms with van der Waals surface area (Å²) in [4.78, 5) is 0. The van der Waals surface area contributed by atoms with Crippen LogP contribution in [-0.2, 0) is 6.42 Å². The Morgan fingerprint density at radius 3 is 2.14 bits per heavy atom. The maximum atomic E-state index is 3.77. The fraction of sp³-hybridized carbons (Fsp3) is 0.700. The molecule has 1 aliphatic rings. The summed E-state index contributed by atoms with van der Waals surface area (Å²) in [5.41, 5.74) is 2.98. The smallest absolute Gasteiger partial charge is 0.0348 e. The molecule has 2 rings (SSSR count). The SMILES string of the molecule is CCCc1ccc(C(NCC)C2CCCCCCC2)cc1. The molecule has 1 saturated carbocycles. The molecule has 1 aromatic rings. The Labute approximate surface area is 131 Å². The van der Waals surface area contributed by atoms with Crippen molar-refractivity contribution in [1.29, 1.82) is 0 Å². The first-order valence-electron chi connectivity index (χ1n) is 9.17. The van der Waals surface area contributed by atoms with Crippen LogP contribution in [0, 0.1) is 5.92 Å². The second-order valence-electron chi connectivity index (χ2n) is 6.63. The van der Waals surface area contributed by atoms with Gasteiger partial charge in [0.1, 0.15) is 0 Å². The molecule has 0 heterocycles. The van der Waals surface area contributed by atoms with Crippen molar-refractivity contribution in [2.45, 2.75) is 77.7 Å². The van der Waals surface area contributed by atoms with Gasteiger partial charge in [-0.3, -0.25) is 0 Å². The largest absolute Gasteiger partial charge is 0.310 e. The van der Waals surface area contributed by atoms with E-state index in [4.69, 9.17) is 0 Å². The monoisotopic (exact) mass is 287 g/mol. The highest BCUT2D eigenvalue weighted by molar-refractivity contribution is 5.25. The number of rotatable bonds is 6. The molecule has 0 bridgehead atoms. The van der Waals surface area contributed by atoms with Gasteiger partial charge >= 0.3 is 0 Å². The Hall–Kier alpha value is -0.820. The maximum Gasteiger partial charge on any atom is 0.0348 e. The van der Waals surface area contributed by atoms with Crippen molar-refractivity contribution >= 4 is 0 Å². The molecular weight excluding hydrogens is 254 g/mol. The van der Waals surface area contributed by atoms with Crippen LogP contribution in [0.4, 0.5) is 0 Å². The predicted octanol–water partition coefficient (Wildman–Crippen LogP) is 5.65. The zero-order chi connectivity index (χ0) is 14.9. The summed E-state index contributed by atoms with van der Waals surface area (Å²) in [5, 5.41) is 3.77. The Morgan fingerprint density at radius 2 is 1.57 bits per heavy atom. The second-order valence-corrected chi connectivity index (χ2v) is 6.63. The highest BCUT2D eigenvalue weighted by atomic mass is 14.9. The fourth-order valence-electron chi connectivity index (χ4n) is 3.78. The van der Waals surface area contributed by atoms with Gasteiger partial charge in [-0.2, -0.15) is 0 Å². The van der Waals surface area contributed by atoms with Crippen LogP contribution in [0.25, 0.3) is 0 Å². The molecule has 1 unspecified atom stereocenters. The molecule has 0 radical (unpaired) electrons. The quantitative estimate of drug-likeness (QED) is 0.713. The first-order chi connectivity index (χ1) is 10.3. The summed E-state index contributed by atoms with van der Waals surface area (Å²) in [6, 6.07) is 9.98. The predicted molar refractivity (Wildman–Crippen MR) is 92.7 cm³/mol. The minimum absolute atomic E-state index is 0.559. The lowest BCUT2D eigenvalue weighted by Crippen LogP contribution is -2.28. The average Bonchev–Trinajstić information content (AvgIpc) is 2.47. The standard InChI is InChI=1S/C20H33N/c1-3-10-17-13-15-19(16-14-17)20(21-4-2)18-11-8-6-5-7-9-12-18/h13-16,18,20-21H,3-12H2,1-2H3. The van der Waals surface area contributed by atoms with Crippen LogP contribution in [-0.4, -0.2) is 6.54 Å². The third kappa shape index (κ3) is 5.14. The van der Waals surface area contributed by atoms with E-state index in [1.54, 1.807) is 0 Å². The van der Waals surface area contributed by atoms with E-state index < -0.39 is 0 Å². The molecule has 0 saturated heterocycles. The Bertz CT molecular complexity index is 373. The van der Waals surface area contributed by atoms with E-state index >= 15 is 0 Å². The van der Waals surface area contributed by atoms with Crippen LogP contribution in [0.5, 0.6) is 0 Å². The average molecular weight is 287 g/mol. The first-order valence-corrected chi connectivity index (χ1v) is 9.17. The second kappa shape index (κ2) is 9.25. The molecular formula is C20H33N. The molecule has 0 aliphatic heterocycles. The van der Waals surface area contributed by atoms with Crippen molar-refractivity contribution in [3.63, 3.8) is 0 Å². The molecule has 1 nitrogen and oxygen atoms in total. The lowest BCUT2D eigenvalue weighted by Gasteiger charge is -2.30. The molecule has 0 spiro atoms. The molecule has 21 heavy (non-hydrogen) atoms. The van der Waals surface area contributed by atoms with Crippen LogP contribution in [0.3, 0.4) is 0 Å². The Kier molecular flexibility index (Phi) is 7.29. The molecule has 118 valence electrons. The van der Waals surface area contributed by atoms with E-state index in [0.717, 1.165) is 12.5 Å². The minimum Gasteiger partial charge on any atom is -0.310 e. The number of hydrogen-bond acceptors (Lipinski definition) is 1. The van der Waals surface area contributed by atoms with E-state index in [9.17, 15) is 0 Å². The number of aryl methyl sites for hydroxylation is 1. The summed E-state index contributed by atoms with van der Waals surface area (Å²) >= 11 is 0. The summed E-state index contributed by atoms with van der Waals surface area (Å²) in [5.74, 6) is 0.822. The van der Waals surface area contributed by atoms with E-state index in [1.807, 2.05) is 0 Å². The van der Waals surface area contributed by atoms with Gasteiger partial charge < -0.3 is 5.32 Å². The van der Waals surface area contributed by atoms with Crippen molar-refractivity contribution in [1.82, 2.24) is 5.32 Å². The molecule has 0 aromatic heterocycles. The van der Waals surface area contributed by atoms with Crippen LogP contribution in [0.15, 0.2) is 24.3 Å². The lowest BCUT2D eigenvalue weighted by molar-refractivity contribution is 0.291. The van der Waals surface area contributed by atoms with Gasteiger partial charge in [-0.1, -0.05) is 76.6 Å². The van der Waals surface area contributed by atoms with E-state index in [1.165, 1.54) is 68.9 Å². The zero-order valence-corrected chi connectivity index (χ0v) is 14.0. The molecule has 1 atom stereocenters. The van der Waals surface area contributed by atoms with Crippen LogP contribution < -0.4 is 5.32 Å². The van der Waals surface area contributed by atoms with Gasteiger partial charge in [0, 0.05) is 6.04 Å². The molecule has 1 fully saturated rings. The first kappa shape index (κ1) is 16.5. The van der Waals surface area contributed by atoms with Gasteiger partial charge in [0.15, 0.2) is 0 Å². The summed E-state index contributed by atoms with van der Waals surface area (Å²) in [7, 11) is 0. The van der Waals surface area contributed by atoms with Crippen molar-refractivity contribution in [2.24, 2.45) is 5.92 Å². The van der Waals surface area contributed by atoms with E-state index in [-0.39, 0.29) is 0 Å². The summed E-state index contributed by atoms with van der Waals surface area (Å²) in [6.45, 7) is 5.56. The summed E-state index contributed by atoms with van der Waals surface area (Å²) < 4.78 is 0. The fourth-order valence-corrected chi connectivity index (χ4v) is 3.78. The topological polar surface area (TPSA) is 12.0 Å². The number of hydrogen-bond donors (Lipinski definition) is 1. The van der Waals surface area contributed by atoms with Crippen molar-refractivity contribution < 1.29 is 0 Å². The summed E-state index contributed by atoms with van der Waals surface area (Å²) in [6.07, 6.45) is 12.4. The van der Waals surface area contributed by atoms with Gasteiger partial charge in [-0.25, -0.2) is 0 Å². The normalized spacial score (nSPS) is 19.0. The van der Waals surface area contributed by atoms with Gasteiger partial charge in [0.25, 0.3) is 0 Å². The van der Waals surface area contributed by atoms with Gasteiger partial charge in [-0.05, 0) is 42.9 Å². The maximum absolute atomic E-state index is 3.77. The molecule has 1 heteroatoms. The molecule has 1 N–H and O–H groups in total. The van der Waals surface area contributed by atoms with Crippen molar-refractivity contribution in [3.05, 3.63) is 35.4 Å². The Morgan fingerprint density at radius 1 is 0.952 bits per heavy atom. The van der Waals surface area contributed by atoms with Gasteiger partial charge in [-0.15, -0.1) is 0 Å². The van der Waals surface area contributed by atoms with Crippen molar-refractivity contribution in [2.75, 3.05) is 6.54 Å². The van der Waals surface area contributed by atoms with E-state index in [2.05, 4.69) is 43.4 Å². The number of nitrogens with one attached hydrogen (secondary N) is 1. The van der Waals surface area contributed by atoms with Crippen LogP contribution in [0.2, 0.25) is 0 Å². The van der Waals surface area contributed by atoms with Crippen LogP contribution >= 0.6 is 0 Å².